The molecule has 0 unspecified atom stereocenters. The maximum Gasteiger partial charge on any atom is 0.221 e. The molecule has 2 rings (SSSR count). The molecule has 0 aliphatic carbocycles. The lowest BCUT2D eigenvalue weighted by Gasteiger charge is -2.06. The van der Waals surface area contributed by atoms with E-state index in [1.807, 2.05) is 6.07 Å². The minimum atomic E-state index is -3.27. The van der Waals surface area contributed by atoms with Crippen LogP contribution >= 0.6 is 0 Å². The van der Waals surface area contributed by atoms with Crippen molar-refractivity contribution in [1.82, 2.24) is 29.8 Å². The topological polar surface area (TPSA) is 119 Å². The van der Waals surface area contributed by atoms with Gasteiger partial charge in [-0.25, -0.2) is 27.8 Å². The summed E-state index contributed by atoms with van der Waals surface area (Å²) in [6.07, 6.45) is 5.72. The molecule has 0 aliphatic rings. The Hall–Kier alpha value is -2.33. The second-order valence-electron chi connectivity index (χ2n) is 4.56. The fraction of sp³-hybridized carbons (Fsp3) is 0.333. The molecule has 0 aromatic carbocycles. The van der Waals surface area contributed by atoms with Gasteiger partial charge in [-0.3, -0.25) is 4.79 Å². The second kappa shape index (κ2) is 7.09. The van der Waals surface area contributed by atoms with Gasteiger partial charge in [0, 0.05) is 25.7 Å². The van der Waals surface area contributed by atoms with Crippen molar-refractivity contribution in [3.8, 4) is 5.82 Å². The van der Waals surface area contributed by atoms with Gasteiger partial charge in [-0.2, -0.15) is 5.10 Å². The van der Waals surface area contributed by atoms with Crippen LogP contribution in [0.3, 0.4) is 0 Å². The molecule has 22 heavy (non-hydrogen) atoms. The van der Waals surface area contributed by atoms with Gasteiger partial charge in [-0.15, -0.1) is 0 Å². The Morgan fingerprint density at radius 2 is 2.18 bits per heavy atom. The van der Waals surface area contributed by atoms with Crippen LogP contribution in [0.25, 0.3) is 5.82 Å². The van der Waals surface area contributed by atoms with Crippen LogP contribution in [-0.2, 0) is 21.4 Å². The summed E-state index contributed by atoms with van der Waals surface area (Å²) in [5, 5.41) is 6.65. The van der Waals surface area contributed by atoms with Crippen LogP contribution in [0.15, 0.2) is 31.0 Å². The zero-order valence-corrected chi connectivity index (χ0v) is 12.7. The monoisotopic (exact) mass is 324 g/mol. The lowest BCUT2D eigenvalue weighted by molar-refractivity contribution is -0.121. The van der Waals surface area contributed by atoms with E-state index in [2.05, 4.69) is 25.1 Å². The maximum absolute atomic E-state index is 11.6. The Morgan fingerprint density at radius 1 is 1.36 bits per heavy atom. The van der Waals surface area contributed by atoms with E-state index in [9.17, 15) is 13.2 Å². The van der Waals surface area contributed by atoms with Crippen LogP contribution in [0.2, 0.25) is 0 Å². The fourth-order valence-corrected chi connectivity index (χ4v) is 2.10. The SMILES string of the molecule is CS(=O)(=O)NCCC(=O)NCc1ccc(-n2cncn2)nc1. The summed E-state index contributed by atoms with van der Waals surface area (Å²) < 4.78 is 25.5. The van der Waals surface area contributed by atoms with Crippen LogP contribution in [-0.4, -0.2) is 46.9 Å². The summed E-state index contributed by atoms with van der Waals surface area (Å²) in [6, 6.07) is 3.58. The highest BCUT2D eigenvalue weighted by atomic mass is 32.2. The highest BCUT2D eigenvalue weighted by Gasteiger charge is 2.05. The lowest BCUT2D eigenvalue weighted by atomic mass is 10.2. The summed E-state index contributed by atoms with van der Waals surface area (Å²) in [5.41, 5.74) is 0.827. The third-order valence-electron chi connectivity index (χ3n) is 2.67. The Kier molecular flexibility index (Phi) is 5.17. The van der Waals surface area contributed by atoms with Crippen LogP contribution < -0.4 is 10.0 Å². The summed E-state index contributed by atoms with van der Waals surface area (Å²) in [7, 11) is -3.27. The molecule has 0 atom stereocenters. The number of pyridine rings is 1. The standard InChI is InChI=1S/C12H16N6O3S/c1-22(20,21)17-5-4-12(19)15-7-10-2-3-11(14-6-10)18-9-13-8-16-18/h2-3,6,8-9,17H,4-5,7H2,1H3,(H,15,19). The molecule has 2 aromatic heterocycles. The van der Waals surface area contributed by atoms with E-state index in [0.29, 0.717) is 12.4 Å². The van der Waals surface area contributed by atoms with Crippen molar-refractivity contribution in [1.29, 1.82) is 0 Å². The van der Waals surface area contributed by atoms with Crippen molar-refractivity contribution in [3.63, 3.8) is 0 Å². The predicted molar refractivity (Wildman–Crippen MR) is 78.5 cm³/mol. The van der Waals surface area contributed by atoms with Crippen molar-refractivity contribution < 1.29 is 13.2 Å². The Morgan fingerprint density at radius 3 is 2.77 bits per heavy atom. The van der Waals surface area contributed by atoms with E-state index in [0.717, 1.165) is 11.8 Å². The summed E-state index contributed by atoms with van der Waals surface area (Å²) >= 11 is 0. The predicted octanol–water partition coefficient (Wildman–Crippen LogP) is -0.782. The first-order chi connectivity index (χ1) is 10.4. The molecule has 1 amide bonds. The maximum atomic E-state index is 11.6. The van der Waals surface area contributed by atoms with E-state index < -0.39 is 10.0 Å². The van der Waals surface area contributed by atoms with E-state index in [-0.39, 0.29) is 18.9 Å². The highest BCUT2D eigenvalue weighted by Crippen LogP contribution is 2.03. The summed E-state index contributed by atoms with van der Waals surface area (Å²) in [4.78, 5) is 19.6. The number of nitrogens with zero attached hydrogens (tertiary/aromatic N) is 4. The van der Waals surface area contributed by atoms with Crippen LogP contribution in [0.1, 0.15) is 12.0 Å². The molecule has 0 spiro atoms. The van der Waals surface area contributed by atoms with Gasteiger partial charge in [0.1, 0.15) is 12.7 Å². The summed E-state index contributed by atoms with van der Waals surface area (Å²) in [6.45, 7) is 0.399. The smallest absolute Gasteiger partial charge is 0.221 e. The average Bonchev–Trinajstić information content (AvgIpc) is 2.98. The van der Waals surface area contributed by atoms with Crippen molar-refractivity contribution in [2.24, 2.45) is 0 Å². The second-order valence-corrected chi connectivity index (χ2v) is 6.39. The van der Waals surface area contributed by atoms with Gasteiger partial charge in [0.25, 0.3) is 0 Å². The van der Waals surface area contributed by atoms with Crippen molar-refractivity contribution in [2.75, 3.05) is 12.8 Å². The van der Waals surface area contributed by atoms with Crippen LogP contribution in [0.5, 0.6) is 0 Å². The van der Waals surface area contributed by atoms with Crippen molar-refractivity contribution >= 4 is 15.9 Å². The Bertz CT molecular complexity index is 712. The minimum Gasteiger partial charge on any atom is -0.352 e. The molecular formula is C12H16N6O3S. The van der Waals surface area contributed by atoms with E-state index >= 15 is 0 Å². The first-order valence-corrected chi connectivity index (χ1v) is 8.34. The first kappa shape index (κ1) is 16.0. The number of sulfonamides is 1. The number of carbonyl (C=O) groups is 1. The van der Waals surface area contributed by atoms with Crippen molar-refractivity contribution in [3.05, 3.63) is 36.5 Å². The minimum absolute atomic E-state index is 0.0775. The molecule has 2 N–H and O–H groups in total. The van der Waals surface area contributed by atoms with Crippen LogP contribution in [0, 0.1) is 0 Å². The van der Waals surface area contributed by atoms with E-state index in [1.54, 1.807) is 18.6 Å². The zero-order valence-electron chi connectivity index (χ0n) is 11.9. The molecular weight excluding hydrogens is 308 g/mol. The van der Waals surface area contributed by atoms with Gasteiger partial charge >= 0.3 is 0 Å². The van der Waals surface area contributed by atoms with Gasteiger partial charge in [0.15, 0.2) is 5.82 Å². The molecule has 118 valence electrons. The van der Waals surface area contributed by atoms with Gasteiger partial charge in [0.2, 0.25) is 15.9 Å². The third kappa shape index (κ3) is 5.22. The third-order valence-corrected chi connectivity index (χ3v) is 3.40. The number of nitrogens with one attached hydrogen (secondary N) is 2. The highest BCUT2D eigenvalue weighted by molar-refractivity contribution is 7.88. The number of carbonyl (C=O) groups excluding carboxylic acids is 1. The average molecular weight is 324 g/mol. The Labute approximate surface area is 127 Å². The molecule has 0 fully saturated rings. The quantitative estimate of drug-likeness (QED) is 0.689. The largest absolute Gasteiger partial charge is 0.352 e. The molecule has 0 aliphatic heterocycles. The number of hydrogen-bond acceptors (Lipinski definition) is 6. The molecule has 2 aromatic rings. The molecule has 0 saturated heterocycles. The lowest BCUT2D eigenvalue weighted by Crippen LogP contribution is -2.29. The van der Waals surface area contributed by atoms with Gasteiger partial charge in [-0.05, 0) is 11.6 Å². The van der Waals surface area contributed by atoms with E-state index in [4.69, 9.17) is 0 Å². The molecule has 0 bridgehead atoms. The number of rotatable bonds is 7. The number of aromatic nitrogens is 4. The number of hydrogen-bond donors (Lipinski definition) is 2. The molecule has 0 saturated carbocycles. The Balaban J connectivity index is 1.78. The fourth-order valence-electron chi connectivity index (χ4n) is 1.62. The first-order valence-electron chi connectivity index (χ1n) is 6.45. The van der Waals surface area contributed by atoms with Gasteiger partial charge in [-0.1, -0.05) is 6.07 Å². The molecule has 9 nitrogen and oxygen atoms in total. The number of amides is 1. The van der Waals surface area contributed by atoms with Gasteiger partial charge in [0.05, 0.1) is 6.26 Å². The van der Waals surface area contributed by atoms with Crippen molar-refractivity contribution in [2.45, 2.75) is 13.0 Å². The molecule has 10 heteroatoms. The zero-order chi connectivity index (χ0) is 16.0. The van der Waals surface area contributed by atoms with E-state index in [1.165, 1.54) is 11.0 Å². The summed E-state index contributed by atoms with van der Waals surface area (Å²) in [5.74, 6) is 0.390. The molecule has 0 radical (unpaired) electrons. The van der Waals surface area contributed by atoms with Gasteiger partial charge < -0.3 is 5.32 Å². The van der Waals surface area contributed by atoms with Crippen LogP contribution in [0.4, 0.5) is 0 Å². The normalized spacial score (nSPS) is 11.3. The molecule has 2 heterocycles.